The standard InChI is InChI=1S/C26H35ClN4O6/c1-5-36-25-18(12-19(32)37-25)29-23(34)20-13-6-8-15(10-13)31(20)24(35)21(26(2,3)4)30-22(33)14-7-9-17(28)16(27)11-14/h7,9,11,13,15,18,20-21,25H,5-6,8,10,12,28H2,1-4H3,(H,29,34)(H,30,33)/t13-,15?,18?,20?,21+,25+/m0/s1. The molecule has 6 atom stereocenters. The van der Waals surface area contributed by atoms with Crippen molar-refractivity contribution in [1.82, 2.24) is 15.5 Å². The van der Waals surface area contributed by atoms with Gasteiger partial charge in [-0.2, -0.15) is 0 Å². The van der Waals surface area contributed by atoms with Gasteiger partial charge in [-0.3, -0.25) is 19.2 Å². The summed E-state index contributed by atoms with van der Waals surface area (Å²) in [6.45, 7) is 7.70. The van der Waals surface area contributed by atoms with Crippen LogP contribution < -0.4 is 16.4 Å². The molecule has 1 aromatic carbocycles. The maximum atomic E-state index is 14.0. The van der Waals surface area contributed by atoms with E-state index in [1.54, 1.807) is 17.9 Å². The molecule has 1 aliphatic carbocycles. The second-order valence-electron chi connectivity index (χ2n) is 11.1. The van der Waals surface area contributed by atoms with Gasteiger partial charge in [0.05, 0.1) is 17.1 Å². The topological polar surface area (TPSA) is 140 Å². The summed E-state index contributed by atoms with van der Waals surface area (Å²) in [5, 5.41) is 6.02. The zero-order valence-corrected chi connectivity index (χ0v) is 22.3. The third kappa shape index (κ3) is 5.55. The molecule has 2 saturated heterocycles. The van der Waals surface area contributed by atoms with Crippen LogP contribution >= 0.6 is 11.6 Å². The molecule has 0 spiro atoms. The number of carbonyl (C=O) groups is 4. The van der Waals surface area contributed by atoms with Gasteiger partial charge in [0.2, 0.25) is 18.1 Å². The fraction of sp³-hybridized carbons (Fsp3) is 0.615. The highest BCUT2D eigenvalue weighted by Crippen LogP contribution is 2.44. The van der Waals surface area contributed by atoms with E-state index < -0.39 is 41.7 Å². The van der Waals surface area contributed by atoms with Crippen molar-refractivity contribution < 1.29 is 28.7 Å². The van der Waals surface area contributed by atoms with E-state index >= 15 is 0 Å². The summed E-state index contributed by atoms with van der Waals surface area (Å²) in [4.78, 5) is 54.1. The van der Waals surface area contributed by atoms with Crippen molar-refractivity contribution in [1.29, 1.82) is 0 Å². The highest BCUT2D eigenvalue weighted by atomic mass is 35.5. The molecule has 4 N–H and O–H groups in total. The predicted molar refractivity (Wildman–Crippen MR) is 136 cm³/mol. The molecule has 3 amide bonds. The summed E-state index contributed by atoms with van der Waals surface area (Å²) in [5.41, 5.74) is 5.76. The Labute approximate surface area is 221 Å². The van der Waals surface area contributed by atoms with Gasteiger partial charge in [-0.15, -0.1) is 0 Å². The van der Waals surface area contributed by atoms with Gasteiger partial charge in [0, 0.05) is 18.2 Å². The fourth-order valence-corrected chi connectivity index (χ4v) is 5.74. The van der Waals surface area contributed by atoms with Crippen molar-refractivity contribution in [3.05, 3.63) is 28.8 Å². The summed E-state index contributed by atoms with van der Waals surface area (Å²) < 4.78 is 10.6. The SMILES string of the molecule is CCO[C@@H]1OC(=O)CC1NC(=O)C1[C@H]2CCC(C2)N1C(=O)[C@@H](NC(=O)c1ccc(N)c(Cl)c1)C(C)(C)C. The van der Waals surface area contributed by atoms with Crippen LogP contribution in [-0.4, -0.2) is 65.7 Å². The number of likely N-dealkylation sites (tertiary alicyclic amines) is 1. The number of cyclic esters (lactones) is 1. The largest absolute Gasteiger partial charge is 0.433 e. The molecule has 0 radical (unpaired) electrons. The first-order valence-electron chi connectivity index (χ1n) is 12.7. The molecule has 2 bridgehead atoms. The fourth-order valence-electron chi connectivity index (χ4n) is 5.56. The number of benzene rings is 1. The van der Waals surface area contributed by atoms with Crippen molar-refractivity contribution in [2.75, 3.05) is 12.3 Å². The molecular formula is C26H35ClN4O6. The summed E-state index contributed by atoms with van der Waals surface area (Å²) in [7, 11) is 0. The number of ether oxygens (including phenoxy) is 2. The Balaban J connectivity index is 1.54. The highest BCUT2D eigenvalue weighted by Gasteiger charge is 2.54. The number of nitrogens with two attached hydrogens (primary N) is 1. The second kappa shape index (κ2) is 10.5. The number of halogens is 1. The number of fused-ring (bicyclic) bond motifs is 2. The van der Waals surface area contributed by atoms with E-state index in [0.29, 0.717) is 12.3 Å². The number of anilines is 1. The maximum absolute atomic E-state index is 14.0. The minimum Gasteiger partial charge on any atom is -0.433 e. The van der Waals surface area contributed by atoms with Crippen LogP contribution in [0.1, 0.15) is 63.7 Å². The molecule has 37 heavy (non-hydrogen) atoms. The molecule has 11 heteroatoms. The van der Waals surface area contributed by atoms with Gasteiger partial charge in [-0.25, -0.2) is 0 Å². The number of rotatable bonds is 7. The van der Waals surface area contributed by atoms with Crippen LogP contribution in [0.5, 0.6) is 0 Å². The number of amides is 3. The van der Waals surface area contributed by atoms with Gasteiger partial charge in [0.25, 0.3) is 5.91 Å². The Morgan fingerprint density at radius 1 is 1.27 bits per heavy atom. The van der Waals surface area contributed by atoms with Gasteiger partial charge < -0.3 is 30.7 Å². The molecule has 3 fully saturated rings. The first-order valence-corrected chi connectivity index (χ1v) is 13.1. The van der Waals surface area contributed by atoms with Crippen LogP contribution in [0.3, 0.4) is 0 Å². The number of nitrogens with zero attached hydrogens (tertiary/aromatic N) is 1. The number of piperidine rings is 1. The molecule has 3 aliphatic rings. The first kappa shape index (κ1) is 27.2. The van der Waals surface area contributed by atoms with Gasteiger partial charge in [0.15, 0.2) is 0 Å². The average Bonchev–Trinajstić information content (AvgIpc) is 3.53. The van der Waals surface area contributed by atoms with E-state index in [1.165, 1.54) is 12.1 Å². The lowest BCUT2D eigenvalue weighted by Crippen LogP contribution is -2.62. The summed E-state index contributed by atoms with van der Waals surface area (Å²) in [6.07, 6.45) is 1.51. The van der Waals surface area contributed by atoms with Crippen molar-refractivity contribution in [3.8, 4) is 0 Å². The summed E-state index contributed by atoms with van der Waals surface area (Å²) in [6, 6.07) is 2.25. The molecule has 2 heterocycles. The average molecular weight is 535 g/mol. The highest BCUT2D eigenvalue weighted by molar-refractivity contribution is 6.33. The molecule has 0 aromatic heterocycles. The van der Waals surface area contributed by atoms with Crippen molar-refractivity contribution >= 4 is 41.0 Å². The molecular weight excluding hydrogens is 500 g/mol. The third-order valence-corrected chi connectivity index (χ3v) is 7.71. The number of hydrogen-bond donors (Lipinski definition) is 3. The lowest BCUT2D eigenvalue weighted by atomic mass is 9.84. The van der Waals surface area contributed by atoms with E-state index in [-0.39, 0.29) is 40.8 Å². The van der Waals surface area contributed by atoms with Gasteiger partial charge in [-0.1, -0.05) is 32.4 Å². The Bertz CT molecular complexity index is 1090. The van der Waals surface area contributed by atoms with Crippen LogP contribution in [0, 0.1) is 11.3 Å². The van der Waals surface area contributed by atoms with Crippen LogP contribution in [0.2, 0.25) is 5.02 Å². The first-order chi connectivity index (χ1) is 17.4. The van der Waals surface area contributed by atoms with E-state index in [0.717, 1.165) is 19.3 Å². The molecule has 2 aliphatic heterocycles. The lowest BCUT2D eigenvalue weighted by molar-refractivity contribution is -0.165. The number of carbonyl (C=O) groups excluding carboxylic acids is 4. The quantitative estimate of drug-likeness (QED) is 0.360. The van der Waals surface area contributed by atoms with Crippen LogP contribution in [-0.2, 0) is 23.9 Å². The van der Waals surface area contributed by atoms with Crippen molar-refractivity contribution in [3.63, 3.8) is 0 Å². The van der Waals surface area contributed by atoms with Gasteiger partial charge in [0.1, 0.15) is 18.1 Å². The summed E-state index contributed by atoms with van der Waals surface area (Å²) in [5.74, 6) is -1.54. The number of hydrogen-bond acceptors (Lipinski definition) is 7. The predicted octanol–water partition coefficient (Wildman–Crippen LogP) is 2.24. The molecule has 1 aromatic rings. The van der Waals surface area contributed by atoms with Crippen LogP contribution in [0.15, 0.2) is 18.2 Å². The smallest absolute Gasteiger partial charge is 0.310 e. The van der Waals surface area contributed by atoms with E-state index in [9.17, 15) is 19.2 Å². The van der Waals surface area contributed by atoms with Crippen molar-refractivity contribution in [2.24, 2.45) is 11.3 Å². The minimum atomic E-state index is -0.890. The Kier molecular flexibility index (Phi) is 7.71. The van der Waals surface area contributed by atoms with E-state index in [4.69, 9.17) is 26.8 Å². The molecule has 3 unspecified atom stereocenters. The van der Waals surface area contributed by atoms with E-state index in [2.05, 4.69) is 10.6 Å². The Morgan fingerprint density at radius 2 is 2.00 bits per heavy atom. The number of esters is 1. The van der Waals surface area contributed by atoms with Crippen molar-refractivity contribution in [2.45, 2.75) is 83.8 Å². The van der Waals surface area contributed by atoms with E-state index in [1.807, 2.05) is 20.8 Å². The number of nitrogen functional groups attached to an aromatic ring is 1. The molecule has 10 nitrogen and oxygen atoms in total. The lowest BCUT2D eigenvalue weighted by Gasteiger charge is -2.40. The number of nitrogens with one attached hydrogen (secondary N) is 2. The van der Waals surface area contributed by atoms with Crippen LogP contribution in [0.25, 0.3) is 0 Å². The van der Waals surface area contributed by atoms with Crippen LogP contribution in [0.4, 0.5) is 5.69 Å². The third-order valence-electron chi connectivity index (χ3n) is 7.38. The summed E-state index contributed by atoms with van der Waals surface area (Å²) >= 11 is 6.09. The zero-order valence-electron chi connectivity index (χ0n) is 21.6. The molecule has 202 valence electrons. The Morgan fingerprint density at radius 3 is 2.65 bits per heavy atom. The zero-order chi connectivity index (χ0) is 27.1. The van der Waals surface area contributed by atoms with Gasteiger partial charge in [-0.05, 0) is 55.7 Å². The maximum Gasteiger partial charge on any atom is 0.310 e. The van der Waals surface area contributed by atoms with Gasteiger partial charge >= 0.3 is 5.97 Å². The normalized spacial score (nSPS) is 27.6. The second-order valence-corrected chi connectivity index (χ2v) is 11.5. The Hall–Kier alpha value is -2.85. The monoisotopic (exact) mass is 534 g/mol. The minimum absolute atomic E-state index is 0.00439. The molecule has 4 rings (SSSR count). The molecule has 1 saturated carbocycles.